The summed E-state index contributed by atoms with van der Waals surface area (Å²) < 4.78 is 21.8. The normalized spacial score (nSPS) is 18.6. The minimum Gasteiger partial charge on any atom is -0.337 e. The highest BCUT2D eigenvalue weighted by molar-refractivity contribution is 5.85. The predicted molar refractivity (Wildman–Crippen MR) is 127 cm³/mol. The van der Waals surface area contributed by atoms with Crippen molar-refractivity contribution in [3.05, 3.63) is 35.6 Å². The number of nitrogens with one attached hydrogen (secondary N) is 1. The number of halogens is 3. The first-order chi connectivity index (χ1) is 14.6. The van der Waals surface area contributed by atoms with Gasteiger partial charge in [-0.1, -0.05) is 26.0 Å². The second-order valence-electron chi connectivity index (χ2n) is 8.81. The molecule has 5 rings (SSSR count). The van der Waals surface area contributed by atoms with Crippen LogP contribution in [0.25, 0.3) is 16.9 Å². The molecule has 2 aromatic heterocycles. The lowest BCUT2D eigenvalue weighted by atomic mass is 9.94. The molecule has 7 nitrogen and oxygen atoms in total. The number of hydrogen-bond acceptors (Lipinski definition) is 6. The van der Waals surface area contributed by atoms with Crippen molar-refractivity contribution in [1.29, 1.82) is 0 Å². The highest BCUT2D eigenvalue weighted by Crippen LogP contribution is 2.31. The first-order valence-corrected chi connectivity index (χ1v) is 11.1. The molecular formula is C22H31Cl2FN6O. The van der Waals surface area contributed by atoms with E-state index in [1.54, 1.807) is 6.07 Å². The minimum atomic E-state index is -0.325. The minimum absolute atomic E-state index is 0. The van der Waals surface area contributed by atoms with Crippen molar-refractivity contribution in [3.63, 3.8) is 0 Å². The van der Waals surface area contributed by atoms with Gasteiger partial charge < -0.3 is 14.7 Å². The first-order valence-electron chi connectivity index (χ1n) is 11.1. The summed E-state index contributed by atoms with van der Waals surface area (Å²) in [4.78, 5) is 7.24. The number of nitrogens with zero attached hydrogens (tertiary/aromatic N) is 5. The van der Waals surface area contributed by atoms with E-state index in [0.29, 0.717) is 23.4 Å². The second-order valence-corrected chi connectivity index (χ2v) is 8.81. The third-order valence-corrected chi connectivity index (χ3v) is 6.55. The Morgan fingerprint density at radius 1 is 1.09 bits per heavy atom. The number of fused-ring (bicyclic) bond motifs is 1. The highest BCUT2D eigenvalue weighted by Gasteiger charge is 2.30. The summed E-state index contributed by atoms with van der Waals surface area (Å²) in [5.41, 5.74) is 1.25. The molecule has 1 aromatic carbocycles. The van der Waals surface area contributed by atoms with Crippen molar-refractivity contribution in [1.82, 2.24) is 30.1 Å². The molecule has 4 heterocycles. The van der Waals surface area contributed by atoms with Crippen LogP contribution in [0.2, 0.25) is 0 Å². The van der Waals surface area contributed by atoms with Gasteiger partial charge in [-0.2, -0.15) is 14.8 Å². The van der Waals surface area contributed by atoms with Crippen LogP contribution in [0.1, 0.15) is 63.0 Å². The molecule has 2 fully saturated rings. The molecule has 0 spiro atoms. The number of rotatable bonds is 4. The molecule has 2 saturated heterocycles. The zero-order chi connectivity index (χ0) is 20.7. The monoisotopic (exact) mass is 484 g/mol. The average Bonchev–Trinajstić information content (AvgIpc) is 3.40. The molecule has 10 heteroatoms. The molecule has 2 aliphatic rings. The van der Waals surface area contributed by atoms with Gasteiger partial charge >= 0.3 is 0 Å². The van der Waals surface area contributed by atoms with Gasteiger partial charge in [0, 0.05) is 17.3 Å². The zero-order valence-electron chi connectivity index (χ0n) is 18.5. The molecule has 0 atom stereocenters. The predicted octanol–water partition coefficient (Wildman–Crippen LogP) is 4.45. The van der Waals surface area contributed by atoms with Crippen molar-refractivity contribution in [2.75, 3.05) is 26.2 Å². The van der Waals surface area contributed by atoms with E-state index in [0.717, 1.165) is 50.1 Å². The van der Waals surface area contributed by atoms with Gasteiger partial charge in [0.25, 0.3) is 5.95 Å². The largest absolute Gasteiger partial charge is 0.337 e. The van der Waals surface area contributed by atoms with Crippen molar-refractivity contribution in [2.24, 2.45) is 0 Å². The molecule has 32 heavy (non-hydrogen) atoms. The Kier molecular flexibility index (Phi) is 8.14. The molecule has 0 unspecified atom stereocenters. The number of hydrogen-bond donors (Lipinski definition) is 1. The Morgan fingerprint density at radius 3 is 2.50 bits per heavy atom. The fourth-order valence-corrected chi connectivity index (χ4v) is 4.88. The molecule has 0 radical (unpaired) electrons. The van der Waals surface area contributed by atoms with E-state index in [4.69, 9.17) is 4.52 Å². The van der Waals surface area contributed by atoms with Gasteiger partial charge in [-0.3, -0.25) is 0 Å². The van der Waals surface area contributed by atoms with Crippen LogP contribution in [0.5, 0.6) is 0 Å². The molecule has 0 saturated carbocycles. The highest BCUT2D eigenvalue weighted by atomic mass is 35.5. The summed E-state index contributed by atoms with van der Waals surface area (Å²) in [5.74, 6) is 1.05. The zero-order valence-corrected chi connectivity index (χ0v) is 20.1. The average molecular weight is 485 g/mol. The molecule has 2 aliphatic heterocycles. The Balaban J connectivity index is 0.00000144. The van der Waals surface area contributed by atoms with E-state index in [9.17, 15) is 4.39 Å². The van der Waals surface area contributed by atoms with E-state index in [1.165, 1.54) is 23.6 Å². The van der Waals surface area contributed by atoms with Crippen molar-refractivity contribution >= 4 is 35.7 Å². The van der Waals surface area contributed by atoms with E-state index in [-0.39, 0.29) is 42.5 Å². The molecule has 0 bridgehead atoms. The molecule has 0 aliphatic carbocycles. The van der Waals surface area contributed by atoms with Gasteiger partial charge in [0.05, 0.1) is 5.69 Å². The Bertz CT molecular complexity index is 1020. The Labute approximate surface area is 199 Å². The quantitative estimate of drug-likeness (QED) is 0.589. The van der Waals surface area contributed by atoms with Crippen molar-refractivity contribution in [3.8, 4) is 5.95 Å². The first kappa shape index (κ1) is 24.9. The topological polar surface area (TPSA) is 72.0 Å². The van der Waals surface area contributed by atoms with E-state index < -0.39 is 0 Å². The lowest BCUT2D eigenvalue weighted by molar-refractivity contribution is 0.120. The van der Waals surface area contributed by atoms with Crippen LogP contribution in [0.3, 0.4) is 0 Å². The number of aromatic nitrogens is 4. The molecule has 3 aromatic rings. The number of benzene rings is 1. The lowest BCUT2D eigenvalue weighted by Crippen LogP contribution is -2.46. The maximum Gasteiger partial charge on any atom is 0.291 e. The van der Waals surface area contributed by atoms with Crippen LogP contribution in [-0.4, -0.2) is 57.0 Å². The van der Waals surface area contributed by atoms with E-state index in [2.05, 4.69) is 39.3 Å². The van der Waals surface area contributed by atoms with Crippen molar-refractivity contribution < 1.29 is 8.91 Å². The maximum atomic E-state index is 14.6. The second kappa shape index (κ2) is 10.5. The number of likely N-dealkylation sites (tertiary alicyclic amines) is 1. The molecule has 0 amide bonds. The van der Waals surface area contributed by atoms with Crippen LogP contribution in [0, 0.1) is 5.82 Å². The van der Waals surface area contributed by atoms with Gasteiger partial charge in [0.1, 0.15) is 11.3 Å². The van der Waals surface area contributed by atoms with Gasteiger partial charge in [-0.25, -0.2) is 4.39 Å². The van der Waals surface area contributed by atoms with Gasteiger partial charge in [0.2, 0.25) is 5.89 Å². The van der Waals surface area contributed by atoms with Gasteiger partial charge in [0.15, 0.2) is 0 Å². The molecular weight excluding hydrogens is 454 g/mol. The SMILES string of the molecule is CC(C)c1nn(-c2noc(C3CCN(C4CCNCC4)CC3)n2)c2c(F)cccc12.Cl.Cl. The lowest BCUT2D eigenvalue weighted by Gasteiger charge is -2.38. The Morgan fingerprint density at radius 2 is 1.81 bits per heavy atom. The number of para-hydroxylation sites is 1. The van der Waals surface area contributed by atoms with Crippen LogP contribution < -0.4 is 5.32 Å². The molecule has 176 valence electrons. The fraction of sp³-hybridized carbons (Fsp3) is 0.591. The van der Waals surface area contributed by atoms with Crippen LogP contribution >= 0.6 is 24.8 Å². The summed E-state index contributed by atoms with van der Waals surface area (Å²) in [5, 5.41) is 13.0. The Hall–Kier alpha value is -1.74. The third kappa shape index (κ3) is 4.64. The van der Waals surface area contributed by atoms with Crippen LogP contribution in [0.4, 0.5) is 4.39 Å². The number of piperidine rings is 2. The van der Waals surface area contributed by atoms with E-state index in [1.807, 2.05) is 6.07 Å². The van der Waals surface area contributed by atoms with Gasteiger partial charge in [-0.05, 0) is 69.0 Å². The summed E-state index contributed by atoms with van der Waals surface area (Å²) >= 11 is 0. The molecule has 1 N–H and O–H groups in total. The van der Waals surface area contributed by atoms with Crippen LogP contribution in [-0.2, 0) is 0 Å². The fourth-order valence-electron chi connectivity index (χ4n) is 4.88. The summed E-state index contributed by atoms with van der Waals surface area (Å²) in [6, 6.07) is 5.75. The smallest absolute Gasteiger partial charge is 0.291 e. The van der Waals surface area contributed by atoms with Gasteiger partial charge in [-0.15, -0.1) is 24.8 Å². The summed E-state index contributed by atoms with van der Waals surface area (Å²) in [6.45, 7) is 8.45. The summed E-state index contributed by atoms with van der Waals surface area (Å²) in [6.07, 6.45) is 4.48. The van der Waals surface area contributed by atoms with Crippen molar-refractivity contribution in [2.45, 2.75) is 57.4 Å². The van der Waals surface area contributed by atoms with Crippen LogP contribution in [0.15, 0.2) is 22.7 Å². The third-order valence-electron chi connectivity index (χ3n) is 6.55. The standard InChI is InChI=1S/C22H29FN6O.2ClH/c1-14(2)19-17-4-3-5-18(23)20(17)29(26-19)22-25-21(30-27-22)15-8-12-28(13-9-15)16-6-10-24-11-7-16;;/h3-5,14-16,24H,6-13H2,1-2H3;2*1H. The maximum absolute atomic E-state index is 14.6. The summed E-state index contributed by atoms with van der Waals surface area (Å²) in [7, 11) is 0. The van der Waals surface area contributed by atoms with E-state index >= 15 is 0 Å².